The topological polar surface area (TPSA) is 82.0 Å². The Bertz CT molecular complexity index is 742. The van der Waals surface area contributed by atoms with E-state index in [-0.39, 0.29) is 0 Å². The molecule has 4 rings (SSSR count). The molecule has 3 aromatic heterocycles. The third-order valence-corrected chi connectivity index (χ3v) is 4.46. The molecule has 0 atom stereocenters. The minimum Gasteiger partial charge on any atom is -0.384 e. The van der Waals surface area contributed by atoms with Gasteiger partial charge in [0.15, 0.2) is 5.82 Å². The van der Waals surface area contributed by atoms with Crippen LogP contribution in [0.3, 0.4) is 0 Å². The van der Waals surface area contributed by atoms with Gasteiger partial charge in [-0.25, -0.2) is 4.98 Å². The second-order valence-corrected chi connectivity index (χ2v) is 5.71. The summed E-state index contributed by atoms with van der Waals surface area (Å²) >= 11 is 1.53. The first-order valence-corrected chi connectivity index (χ1v) is 7.07. The van der Waals surface area contributed by atoms with Gasteiger partial charge in [-0.05, 0) is 25.0 Å². The lowest BCUT2D eigenvalue weighted by Gasteiger charge is -2.22. The predicted molar refractivity (Wildman–Crippen MR) is 72.9 cm³/mol. The van der Waals surface area contributed by atoms with E-state index in [0.29, 0.717) is 11.7 Å². The van der Waals surface area contributed by atoms with Gasteiger partial charge in [-0.15, -0.1) is 10.2 Å². The number of hydrogen-bond acceptors (Lipinski definition) is 6. The zero-order valence-electron chi connectivity index (χ0n) is 10.2. The molecule has 0 aromatic carbocycles. The van der Waals surface area contributed by atoms with E-state index in [4.69, 9.17) is 5.73 Å². The highest BCUT2D eigenvalue weighted by atomic mass is 32.1. The lowest BCUT2D eigenvalue weighted by atomic mass is 9.85. The third kappa shape index (κ3) is 1.69. The maximum atomic E-state index is 5.71. The molecular weight excluding hydrogens is 260 g/mol. The van der Waals surface area contributed by atoms with Gasteiger partial charge in [0.05, 0.1) is 0 Å². The van der Waals surface area contributed by atoms with Gasteiger partial charge in [0, 0.05) is 17.7 Å². The number of rotatable bonds is 2. The van der Waals surface area contributed by atoms with Gasteiger partial charge >= 0.3 is 0 Å². The van der Waals surface area contributed by atoms with Crippen molar-refractivity contribution in [2.24, 2.45) is 0 Å². The van der Waals surface area contributed by atoms with Crippen LogP contribution in [0.4, 0.5) is 5.82 Å². The van der Waals surface area contributed by atoms with Crippen molar-refractivity contribution >= 4 is 22.1 Å². The molecule has 0 aliphatic heterocycles. The van der Waals surface area contributed by atoms with E-state index in [9.17, 15) is 0 Å². The molecule has 0 spiro atoms. The summed E-state index contributed by atoms with van der Waals surface area (Å²) in [5.41, 5.74) is 6.68. The number of nitrogens with two attached hydrogens (primary N) is 1. The molecule has 0 saturated heterocycles. The first kappa shape index (κ1) is 10.9. The Kier molecular flexibility index (Phi) is 2.28. The lowest BCUT2D eigenvalue weighted by molar-refractivity contribution is 0.395. The van der Waals surface area contributed by atoms with Crippen LogP contribution >= 0.6 is 11.3 Å². The average molecular weight is 272 g/mol. The highest BCUT2D eigenvalue weighted by molar-refractivity contribution is 7.19. The number of hydrogen-bond donors (Lipinski definition) is 1. The van der Waals surface area contributed by atoms with E-state index in [0.717, 1.165) is 21.4 Å². The van der Waals surface area contributed by atoms with Crippen molar-refractivity contribution < 1.29 is 0 Å². The Hall–Kier alpha value is -2.02. The Balaban J connectivity index is 1.81. The molecule has 1 aliphatic rings. The summed E-state index contributed by atoms with van der Waals surface area (Å²) in [6.07, 6.45) is 5.35. The van der Waals surface area contributed by atoms with E-state index in [1.807, 2.05) is 16.6 Å². The van der Waals surface area contributed by atoms with E-state index in [2.05, 4.69) is 20.3 Å². The normalized spacial score (nSPS) is 15.8. The molecule has 1 saturated carbocycles. The first-order valence-electron chi connectivity index (χ1n) is 6.25. The van der Waals surface area contributed by atoms with Gasteiger partial charge < -0.3 is 5.73 Å². The van der Waals surface area contributed by atoms with E-state index in [1.54, 1.807) is 6.20 Å². The second-order valence-electron chi connectivity index (χ2n) is 4.76. The summed E-state index contributed by atoms with van der Waals surface area (Å²) in [6, 6.07) is 3.74. The van der Waals surface area contributed by atoms with Crippen molar-refractivity contribution in [1.82, 2.24) is 24.8 Å². The average Bonchev–Trinajstić information content (AvgIpc) is 2.89. The summed E-state index contributed by atoms with van der Waals surface area (Å²) in [6.45, 7) is 0. The van der Waals surface area contributed by atoms with Gasteiger partial charge in [0.25, 0.3) is 0 Å². The first-order chi connectivity index (χ1) is 9.31. The van der Waals surface area contributed by atoms with Crippen LogP contribution in [0.1, 0.15) is 31.0 Å². The van der Waals surface area contributed by atoms with Crippen LogP contribution in [-0.2, 0) is 0 Å². The van der Waals surface area contributed by atoms with Crippen molar-refractivity contribution in [2.75, 3.05) is 5.73 Å². The summed E-state index contributed by atoms with van der Waals surface area (Å²) in [7, 11) is 0. The molecule has 0 amide bonds. The molecule has 1 aliphatic carbocycles. The standard InChI is InChI=1S/C12H12N6S/c13-9-6-8(4-5-14-9)11-17-18-10(7-2-1-3-7)15-16-12(18)19-11/h4-7H,1-3H2,(H2,13,14). The number of anilines is 1. The SMILES string of the molecule is Nc1cc(-c2nn3c(C4CCC4)nnc3s2)ccn1. The summed E-state index contributed by atoms with van der Waals surface area (Å²) in [4.78, 5) is 4.84. The van der Waals surface area contributed by atoms with Gasteiger partial charge in [-0.1, -0.05) is 17.8 Å². The third-order valence-electron chi connectivity index (χ3n) is 3.51. The zero-order valence-corrected chi connectivity index (χ0v) is 11.0. The maximum Gasteiger partial charge on any atom is 0.234 e. The smallest absolute Gasteiger partial charge is 0.234 e. The number of fused-ring (bicyclic) bond motifs is 1. The van der Waals surface area contributed by atoms with Crippen molar-refractivity contribution in [2.45, 2.75) is 25.2 Å². The Labute approximate surface area is 113 Å². The van der Waals surface area contributed by atoms with Crippen LogP contribution < -0.4 is 5.73 Å². The molecule has 3 aromatic rings. The summed E-state index contributed by atoms with van der Waals surface area (Å²) in [5.74, 6) is 2.01. The number of nitrogens with zero attached hydrogens (tertiary/aromatic N) is 5. The van der Waals surface area contributed by atoms with Crippen molar-refractivity contribution in [1.29, 1.82) is 0 Å². The van der Waals surface area contributed by atoms with Crippen LogP contribution in [0.2, 0.25) is 0 Å². The van der Waals surface area contributed by atoms with Gasteiger partial charge in [-0.3, -0.25) is 0 Å². The molecule has 0 radical (unpaired) electrons. The molecule has 3 heterocycles. The number of pyridine rings is 1. The highest BCUT2D eigenvalue weighted by Crippen LogP contribution is 2.36. The second kappa shape index (κ2) is 3.99. The molecule has 1 fully saturated rings. The Morgan fingerprint density at radius 2 is 2.21 bits per heavy atom. The molecule has 19 heavy (non-hydrogen) atoms. The fourth-order valence-electron chi connectivity index (χ4n) is 2.25. The largest absolute Gasteiger partial charge is 0.384 e. The van der Waals surface area contributed by atoms with Gasteiger partial charge in [0.2, 0.25) is 4.96 Å². The van der Waals surface area contributed by atoms with Crippen LogP contribution in [0.25, 0.3) is 15.5 Å². The summed E-state index contributed by atoms with van der Waals surface area (Å²) < 4.78 is 1.88. The molecule has 6 nitrogen and oxygen atoms in total. The molecule has 96 valence electrons. The fraction of sp³-hybridized carbons (Fsp3) is 0.333. The van der Waals surface area contributed by atoms with E-state index >= 15 is 0 Å². The van der Waals surface area contributed by atoms with Gasteiger partial charge in [0.1, 0.15) is 10.8 Å². The number of aromatic nitrogens is 5. The molecule has 0 bridgehead atoms. The molecule has 2 N–H and O–H groups in total. The minimum atomic E-state index is 0.502. The minimum absolute atomic E-state index is 0.502. The molecule has 0 unspecified atom stereocenters. The van der Waals surface area contributed by atoms with E-state index < -0.39 is 0 Å². The summed E-state index contributed by atoms with van der Waals surface area (Å²) in [5, 5.41) is 14.0. The fourth-order valence-corrected chi connectivity index (χ4v) is 3.09. The van der Waals surface area contributed by atoms with Crippen LogP contribution in [0.5, 0.6) is 0 Å². The lowest BCUT2D eigenvalue weighted by Crippen LogP contribution is -2.12. The van der Waals surface area contributed by atoms with Crippen LogP contribution in [-0.4, -0.2) is 24.8 Å². The Morgan fingerprint density at radius 3 is 2.95 bits per heavy atom. The highest BCUT2D eigenvalue weighted by Gasteiger charge is 2.26. The van der Waals surface area contributed by atoms with Crippen LogP contribution in [0.15, 0.2) is 18.3 Å². The van der Waals surface area contributed by atoms with Crippen molar-refractivity contribution in [3.05, 3.63) is 24.2 Å². The van der Waals surface area contributed by atoms with E-state index in [1.165, 1.54) is 30.6 Å². The monoisotopic (exact) mass is 272 g/mol. The quantitative estimate of drug-likeness (QED) is 0.772. The van der Waals surface area contributed by atoms with Gasteiger partial charge in [-0.2, -0.15) is 9.61 Å². The zero-order chi connectivity index (χ0) is 12.8. The predicted octanol–water partition coefficient (Wildman–Crippen LogP) is 2.10. The van der Waals surface area contributed by atoms with Crippen molar-refractivity contribution in [3.8, 4) is 10.6 Å². The molecular formula is C12H12N6S. The maximum absolute atomic E-state index is 5.71. The molecule has 7 heteroatoms. The van der Waals surface area contributed by atoms with Crippen LogP contribution in [0, 0.1) is 0 Å². The number of nitrogen functional groups attached to an aromatic ring is 1. The Morgan fingerprint density at radius 1 is 1.32 bits per heavy atom. The van der Waals surface area contributed by atoms with Crippen molar-refractivity contribution in [3.63, 3.8) is 0 Å².